The Hall–Kier alpha value is -3.34. The van der Waals surface area contributed by atoms with E-state index in [9.17, 15) is 14.4 Å². The van der Waals surface area contributed by atoms with Crippen molar-refractivity contribution in [1.82, 2.24) is 20.1 Å². The molecule has 9 nitrogen and oxygen atoms in total. The highest BCUT2D eigenvalue weighted by Gasteiger charge is 2.14. The number of ether oxygens (including phenoxy) is 1. The third kappa shape index (κ3) is 7.32. The molecule has 0 aliphatic carbocycles. The standard InChI is InChI=1S/C23H21Cl2N5O4S/c1-30-19(12-26-20(31)10-8-14-5-3-4-6-16(14)24)28-29-23(30)35-13-21(32)27-18-11-15(22(33)34-2)7-9-17(18)25/h3-11H,12-13H2,1-2H3,(H,26,31)(H,27,32). The maximum absolute atomic E-state index is 12.4. The molecule has 0 fully saturated rings. The Balaban J connectivity index is 1.52. The lowest BCUT2D eigenvalue weighted by atomic mass is 10.2. The number of methoxy groups -OCH3 is 1. The van der Waals surface area contributed by atoms with Crippen LogP contribution in [0, 0.1) is 0 Å². The summed E-state index contributed by atoms with van der Waals surface area (Å²) in [5, 5.41) is 14.9. The number of thioether (sulfide) groups is 1. The molecule has 0 unspecified atom stereocenters. The molecule has 0 bridgehead atoms. The normalized spacial score (nSPS) is 10.9. The summed E-state index contributed by atoms with van der Waals surface area (Å²) in [6.45, 7) is 0.151. The Kier molecular flexibility index (Phi) is 9.30. The number of aromatic nitrogens is 3. The summed E-state index contributed by atoms with van der Waals surface area (Å²) in [6, 6.07) is 11.6. The molecule has 1 heterocycles. The number of anilines is 1. The van der Waals surface area contributed by atoms with Crippen LogP contribution in [0.15, 0.2) is 53.7 Å². The van der Waals surface area contributed by atoms with Gasteiger partial charge in [-0.25, -0.2) is 4.79 Å². The van der Waals surface area contributed by atoms with Gasteiger partial charge in [-0.1, -0.05) is 53.2 Å². The summed E-state index contributed by atoms with van der Waals surface area (Å²) < 4.78 is 6.36. The van der Waals surface area contributed by atoms with Gasteiger partial charge in [0.05, 0.1) is 35.7 Å². The molecule has 2 amide bonds. The van der Waals surface area contributed by atoms with Crippen LogP contribution in [-0.4, -0.2) is 45.4 Å². The van der Waals surface area contributed by atoms with Crippen LogP contribution in [0.25, 0.3) is 6.08 Å². The van der Waals surface area contributed by atoms with Gasteiger partial charge in [0.1, 0.15) is 0 Å². The van der Waals surface area contributed by atoms with Crippen molar-refractivity contribution in [3.8, 4) is 0 Å². The van der Waals surface area contributed by atoms with Crippen LogP contribution in [-0.2, 0) is 27.9 Å². The fourth-order valence-corrected chi connectivity index (χ4v) is 3.90. The maximum Gasteiger partial charge on any atom is 0.337 e. The second kappa shape index (κ2) is 12.4. The van der Waals surface area contributed by atoms with E-state index >= 15 is 0 Å². The molecular weight excluding hydrogens is 513 g/mol. The first kappa shape index (κ1) is 26.3. The molecule has 0 aliphatic rings. The van der Waals surface area contributed by atoms with Gasteiger partial charge in [-0.2, -0.15) is 0 Å². The van der Waals surface area contributed by atoms with Gasteiger partial charge < -0.3 is 19.9 Å². The van der Waals surface area contributed by atoms with Crippen molar-refractivity contribution in [2.75, 3.05) is 18.2 Å². The molecule has 0 aliphatic heterocycles. The van der Waals surface area contributed by atoms with Crippen LogP contribution in [0.2, 0.25) is 10.0 Å². The number of amides is 2. The van der Waals surface area contributed by atoms with Crippen LogP contribution >= 0.6 is 35.0 Å². The van der Waals surface area contributed by atoms with Gasteiger partial charge in [-0.15, -0.1) is 10.2 Å². The number of nitrogens with zero attached hydrogens (tertiary/aromatic N) is 3. The zero-order valence-corrected chi connectivity index (χ0v) is 21.1. The minimum atomic E-state index is -0.537. The molecule has 0 atom stereocenters. The first-order valence-corrected chi connectivity index (χ1v) is 11.9. The summed E-state index contributed by atoms with van der Waals surface area (Å²) in [5.41, 5.74) is 1.30. The summed E-state index contributed by atoms with van der Waals surface area (Å²) in [7, 11) is 3.00. The number of nitrogens with one attached hydrogen (secondary N) is 2. The van der Waals surface area contributed by atoms with Crippen LogP contribution in [0.3, 0.4) is 0 Å². The molecule has 2 N–H and O–H groups in total. The molecule has 1 aromatic heterocycles. The maximum atomic E-state index is 12.4. The molecule has 0 radical (unpaired) electrons. The third-order valence-electron chi connectivity index (χ3n) is 4.66. The van der Waals surface area contributed by atoms with Gasteiger partial charge in [0.2, 0.25) is 11.8 Å². The lowest BCUT2D eigenvalue weighted by Crippen LogP contribution is -2.22. The van der Waals surface area contributed by atoms with E-state index in [4.69, 9.17) is 23.2 Å². The predicted octanol–water partition coefficient (Wildman–Crippen LogP) is 3.97. The quantitative estimate of drug-likeness (QED) is 0.243. The Morgan fingerprint density at radius 2 is 1.89 bits per heavy atom. The van der Waals surface area contributed by atoms with Gasteiger partial charge in [-0.3, -0.25) is 9.59 Å². The van der Waals surface area contributed by atoms with Gasteiger partial charge >= 0.3 is 5.97 Å². The van der Waals surface area contributed by atoms with Crippen molar-refractivity contribution < 1.29 is 19.1 Å². The Morgan fingerprint density at radius 3 is 2.63 bits per heavy atom. The number of hydrogen-bond acceptors (Lipinski definition) is 7. The molecule has 3 rings (SSSR count). The third-order valence-corrected chi connectivity index (χ3v) is 6.35. The number of benzene rings is 2. The van der Waals surface area contributed by atoms with Crippen LogP contribution in [0.5, 0.6) is 0 Å². The summed E-state index contributed by atoms with van der Waals surface area (Å²) in [6.07, 6.45) is 3.01. The zero-order chi connectivity index (χ0) is 25.4. The van der Waals surface area contributed by atoms with E-state index < -0.39 is 5.97 Å². The number of carbonyl (C=O) groups excluding carboxylic acids is 3. The van der Waals surface area contributed by atoms with Gasteiger partial charge in [-0.05, 0) is 35.9 Å². The molecule has 0 saturated carbocycles. The smallest absolute Gasteiger partial charge is 0.337 e. The molecule has 0 saturated heterocycles. The van der Waals surface area contributed by atoms with E-state index in [1.54, 1.807) is 29.8 Å². The first-order chi connectivity index (χ1) is 16.8. The number of halogens is 2. The van der Waals surface area contributed by atoms with Crippen LogP contribution in [0.1, 0.15) is 21.7 Å². The zero-order valence-electron chi connectivity index (χ0n) is 18.7. The molecular formula is C23H21Cl2N5O4S. The van der Waals surface area contributed by atoms with E-state index in [1.165, 1.54) is 31.4 Å². The van der Waals surface area contributed by atoms with Crippen molar-refractivity contribution in [2.24, 2.45) is 7.05 Å². The summed E-state index contributed by atoms with van der Waals surface area (Å²) >= 11 is 13.3. The molecule has 0 spiro atoms. The highest BCUT2D eigenvalue weighted by atomic mass is 35.5. The highest BCUT2D eigenvalue weighted by Crippen LogP contribution is 2.24. The van der Waals surface area contributed by atoms with E-state index in [-0.39, 0.29) is 34.7 Å². The fourth-order valence-electron chi connectivity index (χ4n) is 2.81. The minimum absolute atomic E-state index is 0.0255. The molecule has 35 heavy (non-hydrogen) atoms. The monoisotopic (exact) mass is 533 g/mol. The average molecular weight is 534 g/mol. The van der Waals surface area contributed by atoms with E-state index in [1.807, 2.05) is 12.1 Å². The van der Waals surface area contributed by atoms with Crippen LogP contribution in [0.4, 0.5) is 5.69 Å². The SMILES string of the molecule is COC(=O)c1ccc(Cl)c(NC(=O)CSc2nnc(CNC(=O)C=Cc3ccccc3Cl)n2C)c1. The van der Waals surface area contributed by atoms with E-state index in [2.05, 4.69) is 25.6 Å². The second-order valence-electron chi connectivity index (χ2n) is 7.05. The van der Waals surface area contributed by atoms with E-state index in [0.29, 0.717) is 21.7 Å². The largest absolute Gasteiger partial charge is 0.465 e. The van der Waals surface area contributed by atoms with Crippen LogP contribution < -0.4 is 10.6 Å². The molecule has 3 aromatic rings. The Morgan fingerprint density at radius 1 is 1.11 bits per heavy atom. The number of rotatable bonds is 9. The van der Waals surface area contributed by atoms with Gasteiger partial charge in [0.25, 0.3) is 0 Å². The van der Waals surface area contributed by atoms with Crippen molar-refractivity contribution in [3.63, 3.8) is 0 Å². The number of esters is 1. The average Bonchev–Trinajstić information content (AvgIpc) is 3.20. The molecule has 12 heteroatoms. The predicted molar refractivity (Wildman–Crippen MR) is 135 cm³/mol. The molecule has 182 valence electrons. The number of hydrogen-bond donors (Lipinski definition) is 2. The minimum Gasteiger partial charge on any atom is -0.465 e. The Bertz CT molecular complexity index is 1280. The number of carbonyl (C=O) groups is 3. The first-order valence-electron chi connectivity index (χ1n) is 10.2. The van der Waals surface area contributed by atoms with Crippen molar-refractivity contribution in [3.05, 3.63) is 75.5 Å². The van der Waals surface area contributed by atoms with Crippen molar-refractivity contribution in [2.45, 2.75) is 11.7 Å². The van der Waals surface area contributed by atoms with Gasteiger partial charge in [0, 0.05) is 18.1 Å². The lowest BCUT2D eigenvalue weighted by molar-refractivity contribution is -0.116. The topological polar surface area (TPSA) is 115 Å². The summed E-state index contributed by atoms with van der Waals surface area (Å²) in [5.74, 6) is -0.655. The Labute approximate surface area is 215 Å². The second-order valence-corrected chi connectivity index (χ2v) is 8.81. The lowest BCUT2D eigenvalue weighted by Gasteiger charge is -2.09. The molecule has 2 aromatic carbocycles. The fraction of sp³-hybridized carbons (Fsp3) is 0.174. The highest BCUT2D eigenvalue weighted by molar-refractivity contribution is 7.99. The van der Waals surface area contributed by atoms with E-state index in [0.717, 1.165) is 17.3 Å². The summed E-state index contributed by atoms with van der Waals surface area (Å²) in [4.78, 5) is 36.2. The van der Waals surface area contributed by atoms with Crippen molar-refractivity contribution in [1.29, 1.82) is 0 Å². The van der Waals surface area contributed by atoms with Gasteiger partial charge in [0.15, 0.2) is 11.0 Å². The van der Waals surface area contributed by atoms with Crippen molar-refractivity contribution >= 4 is 64.5 Å².